The van der Waals surface area contributed by atoms with Gasteiger partial charge in [0.25, 0.3) is 0 Å². The van der Waals surface area contributed by atoms with Crippen LogP contribution in [-0.4, -0.2) is 0 Å². The Morgan fingerprint density at radius 3 is 0.900 bits per heavy atom. The van der Waals surface area contributed by atoms with Crippen LogP contribution in [0.25, 0.3) is 0 Å². The summed E-state index contributed by atoms with van der Waals surface area (Å²) < 4.78 is 6.12. The third-order valence-electron chi connectivity index (χ3n) is 3.00. The molecule has 0 aromatic carbocycles. The average molecular weight is 304 g/mol. The van der Waals surface area contributed by atoms with E-state index in [1.54, 1.807) is 0 Å². The standard InChI is InChI=1S/4C2H5.Ce.Ti/c4*1-2;;/h4*1H2,2H3;;. The molecule has 0 aliphatic rings. The number of hydrogen-bond acceptors (Lipinski definition) is 0. The van der Waals surface area contributed by atoms with E-state index >= 15 is 0 Å². The van der Waals surface area contributed by atoms with Crippen molar-refractivity contribution in [2.24, 2.45) is 0 Å². The molecular weight excluding hydrogens is 284 g/mol. The summed E-state index contributed by atoms with van der Waals surface area (Å²) in [7, 11) is 0. The van der Waals surface area contributed by atoms with E-state index in [4.69, 9.17) is 0 Å². The summed E-state index contributed by atoms with van der Waals surface area (Å²) >= 11 is -1.17. The van der Waals surface area contributed by atoms with Crippen LogP contribution < -0.4 is 0 Å². The van der Waals surface area contributed by atoms with E-state index < -0.39 is 16.6 Å². The predicted octanol–water partition coefficient (Wildman–Crippen LogP) is 3.89. The zero-order valence-corrected chi connectivity index (χ0v) is 12.5. The topological polar surface area (TPSA) is 0 Å². The smallest absolute Gasteiger partial charge is 0 e. The fourth-order valence-electron chi connectivity index (χ4n) is 1.50. The molecule has 0 nitrogen and oxygen atoms in total. The molecule has 10 heavy (non-hydrogen) atoms. The van der Waals surface area contributed by atoms with Crippen molar-refractivity contribution in [1.82, 2.24) is 0 Å². The van der Waals surface area contributed by atoms with Gasteiger partial charge in [0.2, 0.25) is 0 Å². The summed E-state index contributed by atoms with van der Waals surface area (Å²) in [5, 5.41) is 0. The van der Waals surface area contributed by atoms with Crippen LogP contribution in [0.5, 0.6) is 0 Å². The van der Waals surface area contributed by atoms with Gasteiger partial charge in [-0.3, -0.25) is 0 Å². The van der Waals surface area contributed by atoms with Crippen molar-refractivity contribution in [3.8, 4) is 0 Å². The van der Waals surface area contributed by atoms with E-state index in [1.807, 2.05) is 0 Å². The van der Waals surface area contributed by atoms with Crippen LogP contribution in [-0.2, 0) is 16.6 Å². The van der Waals surface area contributed by atoms with E-state index in [-0.39, 0.29) is 41.7 Å². The Bertz CT molecular complexity index is 52.1. The van der Waals surface area contributed by atoms with E-state index in [1.165, 1.54) is 18.9 Å². The summed E-state index contributed by atoms with van der Waals surface area (Å²) in [6.45, 7) is 9.54. The van der Waals surface area contributed by atoms with Crippen molar-refractivity contribution in [2.45, 2.75) is 46.6 Å². The normalized spacial score (nSPS) is 10.8. The molecule has 0 saturated carbocycles. The molecule has 0 aliphatic carbocycles. The zero-order valence-electron chi connectivity index (χ0n) is 7.83. The predicted molar refractivity (Wildman–Crippen MR) is 41.9 cm³/mol. The minimum atomic E-state index is -1.17. The van der Waals surface area contributed by atoms with Crippen LogP contribution in [0.1, 0.15) is 27.7 Å². The largest absolute Gasteiger partial charge is 0 e. The SMILES string of the molecule is C[CH2][Ti]([CH2]C)([CH2]C)[CH2]C.[Ce]. The van der Waals surface area contributed by atoms with Crippen LogP contribution in [0.4, 0.5) is 0 Å². The second-order valence-corrected chi connectivity index (χ2v) is 12.0. The molecule has 0 bridgehead atoms. The second-order valence-electron chi connectivity index (χ2n) is 2.91. The molecule has 0 radical (unpaired) electrons. The molecule has 0 atom stereocenters. The van der Waals surface area contributed by atoms with Crippen molar-refractivity contribution >= 4 is 0 Å². The molecule has 60 valence electrons. The Labute approximate surface area is 103 Å². The van der Waals surface area contributed by atoms with Crippen molar-refractivity contribution in [1.29, 1.82) is 0 Å². The van der Waals surface area contributed by atoms with Gasteiger partial charge in [-0.15, -0.1) is 0 Å². The minimum Gasteiger partial charge on any atom is 0 e. The van der Waals surface area contributed by atoms with Crippen molar-refractivity contribution in [3.05, 3.63) is 0 Å². The first-order valence-corrected chi connectivity index (χ1v) is 8.66. The molecule has 0 fully saturated rings. The summed E-state index contributed by atoms with van der Waals surface area (Å²) in [5.74, 6) is 0. The molecule has 0 rings (SSSR count). The van der Waals surface area contributed by atoms with Crippen molar-refractivity contribution in [2.75, 3.05) is 0 Å². The van der Waals surface area contributed by atoms with Gasteiger partial charge in [-0.2, -0.15) is 0 Å². The zero-order chi connectivity index (χ0) is 7.33. The molecule has 0 unspecified atom stereocenters. The van der Waals surface area contributed by atoms with Gasteiger partial charge in [0, 0.05) is 41.7 Å². The number of rotatable bonds is 4. The van der Waals surface area contributed by atoms with Gasteiger partial charge in [-0.25, -0.2) is 0 Å². The molecule has 0 spiro atoms. The third-order valence-corrected chi connectivity index (χ3v) is 12.4. The van der Waals surface area contributed by atoms with Crippen molar-refractivity contribution < 1.29 is 58.3 Å². The minimum absolute atomic E-state index is 0. The molecule has 0 amide bonds. The van der Waals surface area contributed by atoms with E-state index in [2.05, 4.69) is 27.7 Å². The molecular formula is C8H20CeTi. The van der Waals surface area contributed by atoms with Gasteiger partial charge in [0.05, 0.1) is 0 Å². The molecule has 0 N–H and O–H groups in total. The Hall–Kier alpha value is 2.09. The maximum absolute atomic E-state index is 2.39. The van der Waals surface area contributed by atoms with Crippen LogP contribution in [0.15, 0.2) is 0 Å². The Balaban J connectivity index is 0. The van der Waals surface area contributed by atoms with Gasteiger partial charge in [0.15, 0.2) is 0 Å². The molecule has 2 heteroatoms. The van der Waals surface area contributed by atoms with E-state index in [9.17, 15) is 0 Å². The van der Waals surface area contributed by atoms with Crippen molar-refractivity contribution in [3.63, 3.8) is 0 Å². The van der Waals surface area contributed by atoms with Gasteiger partial charge < -0.3 is 0 Å². The Morgan fingerprint density at radius 2 is 0.900 bits per heavy atom. The Kier molecular flexibility index (Phi) is 11.3. The average Bonchev–Trinajstić information content (AvgIpc) is 1.95. The van der Waals surface area contributed by atoms with Gasteiger partial charge in [0.1, 0.15) is 0 Å². The van der Waals surface area contributed by atoms with Gasteiger partial charge in [-0.1, -0.05) is 0 Å². The summed E-state index contributed by atoms with van der Waals surface area (Å²) in [6, 6.07) is 0. The first kappa shape index (κ1) is 14.6. The molecule has 0 aromatic heterocycles. The molecule has 0 aliphatic heterocycles. The maximum atomic E-state index is 2.39. The third kappa shape index (κ3) is 4.20. The summed E-state index contributed by atoms with van der Waals surface area (Å²) in [6.07, 6.45) is 0. The van der Waals surface area contributed by atoms with Crippen LogP contribution >= 0.6 is 0 Å². The maximum Gasteiger partial charge on any atom is 0 e. The van der Waals surface area contributed by atoms with E-state index in [0.717, 1.165) is 0 Å². The molecule has 0 heterocycles. The summed E-state index contributed by atoms with van der Waals surface area (Å²) in [5.41, 5.74) is 0. The first-order chi connectivity index (χ1) is 4.24. The monoisotopic (exact) mass is 304 g/mol. The number of hydrogen-bond donors (Lipinski definition) is 0. The first-order valence-electron chi connectivity index (χ1n) is 4.24. The molecule has 0 saturated heterocycles. The quantitative estimate of drug-likeness (QED) is 0.691. The summed E-state index contributed by atoms with van der Waals surface area (Å²) in [4.78, 5) is 0. The van der Waals surface area contributed by atoms with Crippen LogP contribution in [0.2, 0.25) is 18.9 Å². The van der Waals surface area contributed by atoms with Crippen LogP contribution in [0.3, 0.4) is 0 Å². The second kappa shape index (κ2) is 7.73. The fraction of sp³-hybridized carbons (Fsp3) is 1.00. The van der Waals surface area contributed by atoms with Gasteiger partial charge in [-0.05, 0) is 0 Å². The molecule has 0 aromatic rings. The van der Waals surface area contributed by atoms with Crippen LogP contribution in [0, 0.1) is 41.7 Å². The van der Waals surface area contributed by atoms with Gasteiger partial charge >= 0.3 is 63.2 Å². The van der Waals surface area contributed by atoms with E-state index in [0.29, 0.717) is 0 Å². The Morgan fingerprint density at radius 1 is 0.700 bits per heavy atom. The fourth-order valence-corrected chi connectivity index (χ4v) is 6.18.